The molecule has 1 aliphatic rings. The van der Waals surface area contributed by atoms with E-state index in [9.17, 15) is 0 Å². The van der Waals surface area contributed by atoms with Gasteiger partial charge in [0, 0.05) is 19.5 Å². The van der Waals surface area contributed by atoms with Gasteiger partial charge >= 0.3 is 0 Å². The van der Waals surface area contributed by atoms with Crippen LogP contribution in [0, 0.1) is 0 Å². The highest BCUT2D eigenvalue weighted by molar-refractivity contribution is 6.32. The second-order valence-corrected chi connectivity index (χ2v) is 6.07. The van der Waals surface area contributed by atoms with Gasteiger partial charge < -0.3 is 9.64 Å². The predicted octanol–water partition coefficient (Wildman–Crippen LogP) is 2.87. The van der Waals surface area contributed by atoms with Gasteiger partial charge in [0.1, 0.15) is 11.6 Å². The Morgan fingerprint density at radius 2 is 1.96 bits per heavy atom. The molecule has 2 aromatic heterocycles. The summed E-state index contributed by atoms with van der Waals surface area (Å²) in [6, 6.07) is 7.65. The lowest BCUT2D eigenvalue weighted by atomic mass is 10.3. The highest BCUT2D eigenvalue weighted by Crippen LogP contribution is 2.28. The SMILES string of the molecule is CCc1nc(N2CCOCC2)c2cnn(-c3ccccc3Cl)c2n1. The first-order valence-electron chi connectivity index (χ1n) is 8.10. The van der Waals surface area contributed by atoms with E-state index < -0.39 is 0 Å². The fraction of sp³-hybridized carbons (Fsp3) is 0.353. The Morgan fingerprint density at radius 3 is 2.71 bits per heavy atom. The maximum Gasteiger partial charge on any atom is 0.168 e. The number of halogens is 1. The van der Waals surface area contributed by atoms with Gasteiger partial charge in [-0.2, -0.15) is 5.10 Å². The number of fused-ring (bicyclic) bond motifs is 1. The summed E-state index contributed by atoms with van der Waals surface area (Å²) in [6.07, 6.45) is 2.59. The van der Waals surface area contributed by atoms with Gasteiger partial charge in [0.25, 0.3) is 0 Å². The van der Waals surface area contributed by atoms with Crippen molar-refractivity contribution < 1.29 is 4.74 Å². The van der Waals surface area contributed by atoms with Crippen molar-refractivity contribution in [2.24, 2.45) is 0 Å². The molecule has 3 aromatic rings. The van der Waals surface area contributed by atoms with Gasteiger partial charge in [-0.05, 0) is 12.1 Å². The molecule has 0 aliphatic carbocycles. The Kier molecular flexibility index (Phi) is 4.08. The molecule has 1 aliphatic heterocycles. The fourth-order valence-electron chi connectivity index (χ4n) is 2.91. The second-order valence-electron chi connectivity index (χ2n) is 5.66. The number of anilines is 1. The largest absolute Gasteiger partial charge is 0.378 e. The van der Waals surface area contributed by atoms with E-state index in [4.69, 9.17) is 26.3 Å². The summed E-state index contributed by atoms with van der Waals surface area (Å²) < 4.78 is 7.25. The number of morpholine rings is 1. The summed E-state index contributed by atoms with van der Waals surface area (Å²) in [4.78, 5) is 11.7. The molecule has 1 fully saturated rings. The monoisotopic (exact) mass is 343 g/mol. The Morgan fingerprint density at radius 1 is 1.17 bits per heavy atom. The van der Waals surface area contributed by atoms with Crippen molar-refractivity contribution in [2.75, 3.05) is 31.2 Å². The van der Waals surface area contributed by atoms with Crippen LogP contribution in [-0.4, -0.2) is 46.1 Å². The fourth-order valence-corrected chi connectivity index (χ4v) is 3.13. The minimum absolute atomic E-state index is 0.645. The molecule has 1 saturated heterocycles. The zero-order chi connectivity index (χ0) is 16.5. The molecular weight excluding hydrogens is 326 g/mol. The molecule has 0 saturated carbocycles. The second kappa shape index (κ2) is 6.37. The molecule has 0 unspecified atom stereocenters. The summed E-state index contributed by atoms with van der Waals surface area (Å²) in [5, 5.41) is 6.11. The van der Waals surface area contributed by atoms with Crippen molar-refractivity contribution in [2.45, 2.75) is 13.3 Å². The van der Waals surface area contributed by atoms with Crippen molar-refractivity contribution in [1.82, 2.24) is 19.7 Å². The molecule has 1 aromatic carbocycles. The molecule has 3 heterocycles. The first-order chi connectivity index (χ1) is 11.8. The van der Waals surface area contributed by atoms with Gasteiger partial charge in [-0.25, -0.2) is 14.6 Å². The van der Waals surface area contributed by atoms with Crippen molar-refractivity contribution in [3.05, 3.63) is 41.3 Å². The number of rotatable bonds is 3. The number of para-hydroxylation sites is 1. The zero-order valence-electron chi connectivity index (χ0n) is 13.4. The third-order valence-electron chi connectivity index (χ3n) is 4.16. The molecule has 0 radical (unpaired) electrons. The number of aryl methyl sites for hydroxylation is 1. The molecule has 0 atom stereocenters. The normalized spacial score (nSPS) is 15.2. The molecule has 0 bridgehead atoms. The topological polar surface area (TPSA) is 56.1 Å². The molecular formula is C17H18ClN5O. The van der Waals surface area contributed by atoms with E-state index in [0.717, 1.165) is 47.9 Å². The lowest BCUT2D eigenvalue weighted by molar-refractivity contribution is 0.122. The smallest absolute Gasteiger partial charge is 0.168 e. The third-order valence-corrected chi connectivity index (χ3v) is 4.48. The lowest BCUT2D eigenvalue weighted by Gasteiger charge is -2.28. The molecule has 0 N–H and O–H groups in total. The van der Waals surface area contributed by atoms with Crippen LogP contribution >= 0.6 is 11.6 Å². The van der Waals surface area contributed by atoms with Crippen LogP contribution in [0.3, 0.4) is 0 Å². The van der Waals surface area contributed by atoms with Crippen LogP contribution in [0.5, 0.6) is 0 Å². The number of aromatic nitrogens is 4. The maximum atomic E-state index is 6.35. The molecule has 0 amide bonds. The van der Waals surface area contributed by atoms with Crippen LogP contribution in [-0.2, 0) is 11.2 Å². The standard InChI is InChI=1S/C17H18ClN5O/c1-2-15-20-16(22-7-9-24-10-8-22)12-11-19-23(17(12)21-15)14-6-4-3-5-13(14)18/h3-6,11H,2,7-10H2,1H3. The third kappa shape index (κ3) is 2.61. The molecule has 7 heteroatoms. The first kappa shape index (κ1) is 15.4. The quantitative estimate of drug-likeness (QED) is 0.732. The van der Waals surface area contributed by atoms with E-state index in [0.29, 0.717) is 18.2 Å². The first-order valence-corrected chi connectivity index (χ1v) is 8.48. The number of hydrogen-bond donors (Lipinski definition) is 0. The molecule has 4 rings (SSSR count). The number of nitrogens with zero attached hydrogens (tertiary/aromatic N) is 5. The Bertz CT molecular complexity index is 873. The Balaban J connectivity index is 1.91. The lowest BCUT2D eigenvalue weighted by Crippen LogP contribution is -2.37. The van der Waals surface area contributed by atoms with E-state index in [-0.39, 0.29) is 0 Å². The van der Waals surface area contributed by atoms with Gasteiger partial charge in [0.05, 0.1) is 35.5 Å². The van der Waals surface area contributed by atoms with Crippen LogP contribution in [0.1, 0.15) is 12.7 Å². The summed E-state index contributed by atoms with van der Waals surface area (Å²) in [7, 11) is 0. The molecule has 0 spiro atoms. The predicted molar refractivity (Wildman–Crippen MR) is 94.1 cm³/mol. The van der Waals surface area contributed by atoms with E-state index in [1.807, 2.05) is 30.5 Å². The summed E-state index contributed by atoms with van der Waals surface area (Å²) in [5.41, 5.74) is 1.61. The van der Waals surface area contributed by atoms with E-state index in [1.165, 1.54) is 0 Å². The molecule has 6 nitrogen and oxygen atoms in total. The summed E-state index contributed by atoms with van der Waals surface area (Å²) >= 11 is 6.35. The number of hydrogen-bond acceptors (Lipinski definition) is 5. The Labute approximate surface area is 145 Å². The van der Waals surface area contributed by atoms with Gasteiger partial charge in [0.15, 0.2) is 5.65 Å². The van der Waals surface area contributed by atoms with E-state index >= 15 is 0 Å². The van der Waals surface area contributed by atoms with E-state index in [2.05, 4.69) is 16.9 Å². The van der Waals surface area contributed by atoms with Crippen LogP contribution < -0.4 is 4.90 Å². The van der Waals surface area contributed by atoms with Crippen LogP contribution in [0.15, 0.2) is 30.5 Å². The average molecular weight is 344 g/mol. The number of benzene rings is 1. The summed E-state index contributed by atoms with van der Waals surface area (Å²) in [6.45, 7) is 5.14. The maximum absolute atomic E-state index is 6.35. The minimum Gasteiger partial charge on any atom is -0.378 e. The minimum atomic E-state index is 0.645. The van der Waals surface area contributed by atoms with E-state index in [1.54, 1.807) is 4.68 Å². The number of ether oxygens (including phenoxy) is 1. The van der Waals surface area contributed by atoms with Crippen LogP contribution in [0.25, 0.3) is 16.7 Å². The van der Waals surface area contributed by atoms with Crippen LogP contribution in [0.4, 0.5) is 5.82 Å². The molecule has 124 valence electrons. The van der Waals surface area contributed by atoms with Gasteiger partial charge in [-0.15, -0.1) is 0 Å². The summed E-state index contributed by atoms with van der Waals surface area (Å²) in [5.74, 6) is 1.73. The van der Waals surface area contributed by atoms with Crippen LogP contribution in [0.2, 0.25) is 5.02 Å². The van der Waals surface area contributed by atoms with Crippen molar-refractivity contribution in [3.63, 3.8) is 0 Å². The zero-order valence-corrected chi connectivity index (χ0v) is 14.2. The highest BCUT2D eigenvalue weighted by Gasteiger charge is 2.20. The highest BCUT2D eigenvalue weighted by atomic mass is 35.5. The van der Waals surface area contributed by atoms with Gasteiger partial charge in [-0.3, -0.25) is 0 Å². The van der Waals surface area contributed by atoms with Crippen molar-refractivity contribution in [3.8, 4) is 5.69 Å². The van der Waals surface area contributed by atoms with Crippen molar-refractivity contribution >= 4 is 28.5 Å². The molecule has 24 heavy (non-hydrogen) atoms. The average Bonchev–Trinajstić information content (AvgIpc) is 3.05. The van der Waals surface area contributed by atoms with Gasteiger partial charge in [-0.1, -0.05) is 30.7 Å². The van der Waals surface area contributed by atoms with Gasteiger partial charge in [0.2, 0.25) is 0 Å². The van der Waals surface area contributed by atoms with Crippen molar-refractivity contribution in [1.29, 1.82) is 0 Å². The Hall–Kier alpha value is -2.18.